The van der Waals surface area contributed by atoms with Crippen LogP contribution in [0.5, 0.6) is 5.75 Å². The Labute approximate surface area is 185 Å². The first-order chi connectivity index (χ1) is 14.9. The van der Waals surface area contributed by atoms with Gasteiger partial charge in [-0.05, 0) is 67.2 Å². The third-order valence-electron chi connectivity index (χ3n) is 4.17. The van der Waals surface area contributed by atoms with Gasteiger partial charge in [-0.1, -0.05) is 5.16 Å². The predicted octanol–water partition coefficient (Wildman–Crippen LogP) is 4.48. The average Bonchev–Trinajstić information content (AvgIpc) is 3.23. The van der Waals surface area contributed by atoms with Crippen LogP contribution in [-0.2, 0) is 11.2 Å². The lowest BCUT2D eigenvalue weighted by Crippen LogP contribution is -2.16. The van der Waals surface area contributed by atoms with Crippen LogP contribution in [0.2, 0.25) is 0 Å². The Bertz CT molecular complexity index is 1020. The molecule has 3 aromatic rings. The van der Waals surface area contributed by atoms with Crippen molar-refractivity contribution in [2.24, 2.45) is 0 Å². The van der Waals surface area contributed by atoms with Gasteiger partial charge in [0, 0.05) is 43.1 Å². The number of nitrogens with one attached hydrogen (secondary N) is 1. The molecular formula is C22H24N4O4S. The molecule has 8 nitrogen and oxygen atoms in total. The van der Waals surface area contributed by atoms with E-state index in [1.807, 2.05) is 31.2 Å². The second kappa shape index (κ2) is 10.6. The maximum absolute atomic E-state index is 12.2. The highest BCUT2D eigenvalue weighted by Gasteiger charge is 2.12. The van der Waals surface area contributed by atoms with E-state index in [0.717, 1.165) is 28.0 Å². The standard InChI is InChI=1S/C22H24N4O4S/c1-4-29-17-9-5-15(6-10-17)21-24-20(30-25-21)14-13-19(27)23-16-7-11-18(12-8-16)31-22(28)26(2)3/h5-12H,4,13-14H2,1-3H3,(H,23,27). The smallest absolute Gasteiger partial charge is 0.285 e. The van der Waals surface area contributed by atoms with Crippen LogP contribution in [0.1, 0.15) is 19.2 Å². The molecule has 0 bridgehead atoms. The van der Waals surface area contributed by atoms with E-state index in [9.17, 15) is 9.59 Å². The highest BCUT2D eigenvalue weighted by Crippen LogP contribution is 2.23. The summed E-state index contributed by atoms with van der Waals surface area (Å²) in [5, 5.41) is 6.75. The zero-order valence-electron chi connectivity index (χ0n) is 17.6. The number of anilines is 1. The van der Waals surface area contributed by atoms with Gasteiger partial charge in [0.25, 0.3) is 5.24 Å². The Morgan fingerprint density at radius 3 is 2.45 bits per heavy atom. The average molecular weight is 441 g/mol. The molecule has 3 rings (SSSR count). The lowest BCUT2D eigenvalue weighted by atomic mass is 10.2. The molecule has 0 fully saturated rings. The minimum atomic E-state index is -0.161. The molecule has 2 amide bonds. The molecule has 0 saturated carbocycles. The molecule has 0 aliphatic carbocycles. The fourth-order valence-electron chi connectivity index (χ4n) is 2.58. The summed E-state index contributed by atoms with van der Waals surface area (Å²) in [4.78, 5) is 30.6. The second-order valence-corrected chi connectivity index (χ2v) is 7.83. The highest BCUT2D eigenvalue weighted by molar-refractivity contribution is 8.13. The van der Waals surface area contributed by atoms with Gasteiger partial charge in [-0.25, -0.2) is 0 Å². The molecule has 0 aliphatic heterocycles. The van der Waals surface area contributed by atoms with Crippen LogP contribution in [-0.4, -0.2) is 46.9 Å². The van der Waals surface area contributed by atoms with E-state index in [0.29, 0.717) is 30.4 Å². The van der Waals surface area contributed by atoms with Crippen molar-refractivity contribution in [3.63, 3.8) is 0 Å². The van der Waals surface area contributed by atoms with Gasteiger partial charge >= 0.3 is 0 Å². The number of amides is 2. The summed E-state index contributed by atoms with van der Waals surface area (Å²) in [5.74, 6) is 1.49. The van der Waals surface area contributed by atoms with Gasteiger partial charge in [0.15, 0.2) is 0 Å². The van der Waals surface area contributed by atoms with Gasteiger partial charge < -0.3 is 19.5 Å². The topological polar surface area (TPSA) is 97.6 Å². The first-order valence-electron chi connectivity index (χ1n) is 9.79. The number of hydrogen-bond acceptors (Lipinski definition) is 7. The van der Waals surface area contributed by atoms with Crippen LogP contribution in [0.3, 0.4) is 0 Å². The van der Waals surface area contributed by atoms with E-state index in [1.54, 1.807) is 38.4 Å². The molecule has 31 heavy (non-hydrogen) atoms. The maximum atomic E-state index is 12.2. The largest absolute Gasteiger partial charge is 0.494 e. The number of aromatic nitrogens is 2. The van der Waals surface area contributed by atoms with Gasteiger partial charge in [-0.3, -0.25) is 9.59 Å². The number of rotatable bonds is 8. The van der Waals surface area contributed by atoms with Crippen LogP contribution < -0.4 is 10.1 Å². The molecule has 0 saturated heterocycles. The third kappa shape index (κ3) is 6.58. The van der Waals surface area contributed by atoms with Crippen molar-refractivity contribution in [1.82, 2.24) is 15.0 Å². The van der Waals surface area contributed by atoms with Crippen LogP contribution in [0, 0.1) is 0 Å². The van der Waals surface area contributed by atoms with E-state index < -0.39 is 0 Å². The van der Waals surface area contributed by atoms with Crippen LogP contribution >= 0.6 is 11.8 Å². The third-order valence-corrected chi connectivity index (χ3v) is 5.21. The SMILES string of the molecule is CCOc1ccc(-c2noc(CCC(=O)Nc3ccc(SC(=O)N(C)C)cc3)n2)cc1. The molecule has 1 aromatic heterocycles. The summed E-state index contributed by atoms with van der Waals surface area (Å²) in [6.07, 6.45) is 0.543. The molecule has 0 radical (unpaired) electrons. The van der Waals surface area contributed by atoms with E-state index in [-0.39, 0.29) is 17.6 Å². The number of thioether (sulfide) groups is 1. The van der Waals surface area contributed by atoms with Crippen molar-refractivity contribution in [3.8, 4) is 17.1 Å². The van der Waals surface area contributed by atoms with Gasteiger partial charge in [0.05, 0.1) is 6.61 Å². The van der Waals surface area contributed by atoms with E-state index in [4.69, 9.17) is 9.26 Å². The van der Waals surface area contributed by atoms with Crippen molar-refractivity contribution < 1.29 is 18.8 Å². The Morgan fingerprint density at radius 2 is 1.81 bits per heavy atom. The molecule has 9 heteroatoms. The Morgan fingerprint density at radius 1 is 1.10 bits per heavy atom. The molecule has 162 valence electrons. The van der Waals surface area contributed by atoms with Crippen molar-refractivity contribution in [2.45, 2.75) is 24.7 Å². The zero-order chi connectivity index (χ0) is 22.2. The molecule has 1 heterocycles. The summed E-state index contributed by atoms with van der Waals surface area (Å²) < 4.78 is 10.7. The molecule has 0 aliphatic rings. The van der Waals surface area contributed by atoms with E-state index in [1.165, 1.54) is 4.90 Å². The lowest BCUT2D eigenvalue weighted by Gasteiger charge is -2.09. The number of benzene rings is 2. The van der Waals surface area contributed by atoms with Crippen molar-refractivity contribution in [3.05, 3.63) is 54.4 Å². The van der Waals surface area contributed by atoms with E-state index in [2.05, 4.69) is 15.5 Å². The Balaban J connectivity index is 1.49. The zero-order valence-corrected chi connectivity index (χ0v) is 18.4. The normalized spacial score (nSPS) is 10.5. The summed E-state index contributed by atoms with van der Waals surface area (Å²) in [6, 6.07) is 14.5. The highest BCUT2D eigenvalue weighted by atomic mass is 32.2. The number of nitrogens with zero attached hydrogens (tertiary/aromatic N) is 3. The number of hydrogen-bond donors (Lipinski definition) is 1. The van der Waals surface area contributed by atoms with Crippen molar-refractivity contribution >= 4 is 28.6 Å². The van der Waals surface area contributed by atoms with Crippen molar-refractivity contribution in [2.75, 3.05) is 26.0 Å². The number of carbonyl (C=O) groups is 2. The monoisotopic (exact) mass is 440 g/mol. The van der Waals surface area contributed by atoms with Gasteiger partial charge in [0.1, 0.15) is 5.75 Å². The first-order valence-corrected chi connectivity index (χ1v) is 10.6. The van der Waals surface area contributed by atoms with Crippen LogP contribution in [0.25, 0.3) is 11.4 Å². The summed E-state index contributed by atoms with van der Waals surface area (Å²) >= 11 is 1.13. The summed E-state index contributed by atoms with van der Waals surface area (Å²) in [7, 11) is 3.41. The summed E-state index contributed by atoms with van der Waals surface area (Å²) in [6.45, 7) is 2.53. The Kier molecular flexibility index (Phi) is 7.66. The second-order valence-electron chi connectivity index (χ2n) is 6.80. The molecule has 0 spiro atoms. The van der Waals surface area contributed by atoms with E-state index >= 15 is 0 Å². The quantitative estimate of drug-likeness (QED) is 0.516. The molecule has 0 atom stereocenters. The minimum absolute atomic E-state index is 0.0547. The van der Waals surface area contributed by atoms with Gasteiger partial charge in [-0.15, -0.1) is 0 Å². The number of ether oxygens (including phenoxy) is 1. The van der Waals surface area contributed by atoms with Gasteiger partial charge in [-0.2, -0.15) is 4.98 Å². The fraction of sp³-hybridized carbons (Fsp3) is 0.273. The fourth-order valence-corrected chi connectivity index (χ4v) is 3.24. The lowest BCUT2D eigenvalue weighted by molar-refractivity contribution is -0.116. The maximum Gasteiger partial charge on any atom is 0.285 e. The van der Waals surface area contributed by atoms with Crippen LogP contribution in [0.15, 0.2) is 57.9 Å². The number of carbonyl (C=O) groups excluding carboxylic acids is 2. The molecule has 0 unspecified atom stereocenters. The summed E-state index contributed by atoms with van der Waals surface area (Å²) in [5.41, 5.74) is 1.47. The Hall–Kier alpha value is -3.33. The number of aryl methyl sites for hydroxylation is 1. The van der Waals surface area contributed by atoms with Gasteiger partial charge in [0.2, 0.25) is 17.6 Å². The van der Waals surface area contributed by atoms with Crippen molar-refractivity contribution in [1.29, 1.82) is 0 Å². The minimum Gasteiger partial charge on any atom is -0.494 e. The molecule has 2 aromatic carbocycles. The first kappa shape index (κ1) is 22.4. The van der Waals surface area contributed by atoms with Crippen LogP contribution in [0.4, 0.5) is 10.5 Å². The molecule has 1 N–H and O–H groups in total. The molecular weight excluding hydrogens is 416 g/mol. The predicted molar refractivity (Wildman–Crippen MR) is 119 cm³/mol.